The number of hydrogen-bond donors (Lipinski definition) is 2. The minimum absolute atomic E-state index is 0.00342. The molecule has 5 nitrogen and oxygen atoms in total. The van der Waals surface area contributed by atoms with E-state index in [1.165, 1.54) is 19.3 Å². The topological polar surface area (TPSA) is 59.0 Å². The number of amides is 1. The van der Waals surface area contributed by atoms with Crippen molar-refractivity contribution in [3.63, 3.8) is 0 Å². The summed E-state index contributed by atoms with van der Waals surface area (Å²) in [7, 11) is 3.90. The summed E-state index contributed by atoms with van der Waals surface area (Å²) in [4.78, 5) is 12.4. The number of nitrogens with zero attached hydrogens (tertiary/aromatic N) is 2. The van der Waals surface area contributed by atoms with Gasteiger partial charge in [0.05, 0.1) is 12.2 Å². The molecule has 5 heteroatoms. The van der Waals surface area contributed by atoms with Gasteiger partial charge in [-0.3, -0.25) is 9.48 Å². The molecule has 1 fully saturated rings. The van der Waals surface area contributed by atoms with Crippen molar-refractivity contribution >= 4 is 5.91 Å². The summed E-state index contributed by atoms with van der Waals surface area (Å²) in [6.45, 7) is 4.05. The van der Waals surface area contributed by atoms with Crippen molar-refractivity contribution in [1.82, 2.24) is 20.4 Å². The van der Waals surface area contributed by atoms with E-state index in [0.29, 0.717) is 6.42 Å². The van der Waals surface area contributed by atoms with Crippen molar-refractivity contribution in [2.24, 2.45) is 7.05 Å². The fraction of sp³-hybridized carbons (Fsp3) is 0.750. The van der Waals surface area contributed by atoms with Gasteiger partial charge in [-0.1, -0.05) is 19.3 Å². The summed E-state index contributed by atoms with van der Waals surface area (Å²) in [5, 5.41) is 10.8. The van der Waals surface area contributed by atoms with Crippen molar-refractivity contribution in [2.75, 3.05) is 7.05 Å². The van der Waals surface area contributed by atoms with Crippen LogP contribution in [-0.2, 0) is 11.8 Å². The van der Waals surface area contributed by atoms with Gasteiger partial charge in [0.15, 0.2) is 0 Å². The molecule has 0 aromatic carbocycles. The molecule has 21 heavy (non-hydrogen) atoms. The molecular formula is C16H28N4O. The normalized spacial score (nSPS) is 19.2. The molecular weight excluding hydrogens is 264 g/mol. The second kappa shape index (κ2) is 6.60. The van der Waals surface area contributed by atoms with Gasteiger partial charge in [-0.15, -0.1) is 0 Å². The van der Waals surface area contributed by atoms with Crippen molar-refractivity contribution in [3.8, 4) is 0 Å². The largest absolute Gasteiger partial charge is 0.349 e. The monoisotopic (exact) mass is 292 g/mol. The summed E-state index contributed by atoms with van der Waals surface area (Å²) in [6.07, 6.45) is 8.31. The molecule has 1 unspecified atom stereocenters. The Kier molecular flexibility index (Phi) is 5.04. The van der Waals surface area contributed by atoms with Crippen LogP contribution in [-0.4, -0.2) is 28.3 Å². The van der Waals surface area contributed by atoms with Gasteiger partial charge in [-0.25, -0.2) is 0 Å². The Hall–Kier alpha value is -1.36. The van der Waals surface area contributed by atoms with Crippen LogP contribution in [0.25, 0.3) is 0 Å². The Morgan fingerprint density at radius 3 is 2.62 bits per heavy atom. The average molecular weight is 292 g/mol. The number of carbonyl (C=O) groups excluding carboxylic acids is 1. The maximum Gasteiger partial charge on any atom is 0.222 e. The number of hydrogen-bond acceptors (Lipinski definition) is 3. The maximum absolute atomic E-state index is 12.4. The lowest BCUT2D eigenvalue weighted by atomic mass is 9.79. The molecule has 1 saturated carbocycles. The molecule has 0 spiro atoms. The lowest BCUT2D eigenvalue weighted by Crippen LogP contribution is -2.48. The second-order valence-electron chi connectivity index (χ2n) is 6.37. The SMILES string of the molecule is CNC1(CC(=O)NC(C)c2cnn(C)c2C)CCCCC1. The number of aryl methyl sites for hydroxylation is 1. The molecule has 0 radical (unpaired) electrons. The molecule has 118 valence electrons. The van der Waals surface area contributed by atoms with Gasteiger partial charge in [-0.2, -0.15) is 5.10 Å². The molecule has 1 aromatic heterocycles. The molecule has 1 atom stereocenters. The Morgan fingerprint density at radius 1 is 1.43 bits per heavy atom. The van der Waals surface area contributed by atoms with Gasteiger partial charge in [0, 0.05) is 30.3 Å². The van der Waals surface area contributed by atoms with E-state index in [-0.39, 0.29) is 17.5 Å². The van der Waals surface area contributed by atoms with Gasteiger partial charge in [0.1, 0.15) is 0 Å². The third-order valence-electron chi connectivity index (χ3n) is 4.96. The summed E-state index contributed by atoms with van der Waals surface area (Å²) in [5.74, 6) is 0.127. The van der Waals surface area contributed by atoms with E-state index in [4.69, 9.17) is 0 Å². The fourth-order valence-electron chi connectivity index (χ4n) is 3.36. The Morgan fingerprint density at radius 2 is 2.10 bits per heavy atom. The van der Waals surface area contributed by atoms with Gasteiger partial charge in [-0.05, 0) is 33.7 Å². The van der Waals surface area contributed by atoms with E-state index in [1.807, 2.05) is 38.8 Å². The summed E-state index contributed by atoms with van der Waals surface area (Å²) in [6, 6.07) is 0.00342. The quantitative estimate of drug-likeness (QED) is 0.875. The lowest BCUT2D eigenvalue weighted by molar-refractivity contribution is -0.123. The maximum atomic E-state index is 12.4. The smallest absolute Gasteiger partial charge is 0.222 e. The Balaban J connectivity index is 1.96. The molecule has 0 bridgehead atoms. The van der Waals surface area contributed by atoms with Crippen LogP contribution in [0.2, 0.25) is 0 Å². The highest BCUT2D eigenvalue weighted by atomic mass is 16.1. The van der Waals surface area contributed by atoms with Crippen LogP contribution in [0.5, 0.6) is 0 Å². The van der Waals surface area contributed by atoms with E-state index in [0.717, 1.165) is 24.1 Å². The van der Waals surface area contributed by atoms with Crippen molar-refractivity contribution < 1.29 is 4.79 Å². The lowest BCUT2D eigenvalue weighted by Gasteiger charge is -2.37. The van der Waals surface area contributed by atoms with Gasteiger partial charge in [0.2, 0.25) is 5.91 Å². The molecule has 1 aliphatic rings. The Labute approximate surface area is 127 Å². The van der Waals surface area contributed by atoms with Gasteiger partial charge >= 0.3 is 0 Å². The third kappa shape index (κ3) is 3.64. The molecule has 1 aromatic rings. The molecule has 0 aliphatic heterocycles. The average Bonchev–Trinajstić information content (AvgIpc) is 2.80. The first-order valence-electron chi connectivity index (χ1n) is 7.94. The zero-order chi connectivity index (χ0) is 15.5. The fourth-order valence-corrected chi connectivity index (χ4v) is 3.36. The van der Waals surface area contributed by atoms with Crippen molar-refractivity contribution in [2.45, 2.75) is 64.0 Å². The zero-order valence-electron chi connectivity index (χ0n) is 13.7. The minimum atomic E-state index is -0.00790. The first-order chi connectivity index (χ1) is 9.97. The van der Waals surface area contributed by atoms with E-state index < -0.39 is 0 Å². The summed E-state index contributed by atoms with van der Waals surface area (Å²) >= 11 is 0. The summed E-state index contributed by atoms with van der Waals surface area (Å²) in [5.41, 5.74) is 2.18. The minimum Gasteiger partial charge on any atom is -0.349 e. The highest BCUT2D eigenvalue weighted by molar-refractivity contribution is 5.77. The first kappa shape index (κ1) is 16.0. The standard InChI is InChI=1S/C16H28N4O/c1-12(14-11-18-20(4)13(14)2)19-15(21)10-16(17-3)8-6-5-7-9-16/h11-12,17H,5-10H2,1-4H3,(H,19,21). The van der Waals surface area contributed by atoms with E-state index >= 15 is 0 Å². The number of rotatable bonds is 5. The molecule has 1 aliphatic carbocycles. The second-order valence-corrected chi connectivity index (χ2v) is 6.37. The molecule has 1 heterocycles. The van der Waals surface area contributed by atoms with Crippen LogP contribution in [0.1, 0.15) is 62.7 Å². The molecule has 1 amide bonds. The van der Waals surface area contributed by atoms with Crippen LogP contribution in [0.3, 0.4) is 0 Å². The van der Waals surface area contributed by atoms with E-state index in [1.54, 1.807) is 0 Å². The van der Waals surface area contributed by atoms with Crippen LogP contribution < -0.4 is 10.6 Å². The van der Waals surface area contributed by atoms with E-state index in [9.17, 15) is 4.79 Å². The highest BCUT2D eigenvalue weighted by Gasteiger charge is 2.33. The molecule has 2 N–H and O–H groups in total. The molecule has 0 saturated heterocycles. The van der Waals surface area contributed by atoms with Crippen molar-refractivity contribution in [3.05, 3.63) is 17.5 Å². The third-order valence-corrected chi connectivity index (χ3v) is 4.96. The van der Waals surface area contributed by atoms with Crippen LogP contribution in [0.15, 0.2) is 6.20 Å². The first-order valence-corrected chi connectivity index (χ1v) is 7.94. The van der Waals surface area contributed by atoms with Crippen LogP contribution >= 0.6 is 0 Å². The number of aromatic nitrogens is 2. The Bertz CT molecular complexity index is 488. The van der Waals surface area contributed by atoms with Gasteiger partial charge < -0.3 is 10.6 Å². The van der Waals surface area contributed by atoms with Gasteiger partial charge in [0.25, 0.3) is 0 Å². The highest BCUT2D eigenvalue weighted by Crippen LogP contribution is 2.31. The van der Waals surface area contributed by atoms with Crippen molar-refractivity contribution in [1.29, 1.82) is 0 Å². The summed E-state index contributed by atoms with van der Waals surface area (Å²) < 4.78 is 1.84. The zero-order valence-corrected chi connectivity index (χ0v) is 13.7. The number of carbonyl (C=O) groups is 1. The van der Waals surface area contributed by atoms with Crippen LogP contribution in [0, 0.1) is 6.92 Å². The molecule has 2 rings (SSSR count). The predicted molar refractivity (Wildman–Crippen MR) is 84.0 cm³/mol. The number of nitrogens with one attached hydrogen (secondary N) is 2. The van der Waals surface area contributed by atoms with Crippen LogP contribution in [0.4, 0.5) is 0 Å². The van der Waals surface area contributed by atoms with E-state index in [2.05, 4.69) is 15.7 Å². The predicted octanol–water partition coefficient (Wildman–Crippen LogP) is 2.22.